The van der Waals surface area contributed by atoms with Crippen molar-refractivity contribution in [2.45, 2.75) is 96.9 Å². The minimum atomic E-state index is 0.607. The van der Waals surface area contributed by atoms with Gasteiger partial charge in [-0.15, -0.1) is 0 Å². The number of benzene rings is 10. The monoisotopic (exact) mass is 1480 g/mol. The molecule has 113 heavy (non-hydrogen) atoms. The van der Waals surface area contributed by atoms with Crippen molar-refractivity contribution in [3.8, 4) is 51.1 Å². The highest BCUT2D eigenvalue weighted by atomic mass is 15.1. The lowest BCUT2D eigenvalue weighted by molar-refractivity contribution is -0.663. The Bertz CT molecular complexity index is 6730. The highest BCUT2D eigenvalue weighted by Crippen LogP contribution is 2.31. The minimum absolute atomic E-state index is 0.607. The van der Waals surface area contributed by atoms with E-state index in [0.29, 0.717) is 5.69 Å². The number of rotatable bonds is 8. The molecule has 13 heteroatoms. The highest BCUT2D eigenvalue weighted by molar-refractivity contribution is 5.84. The first-order valence-electron chi connectivity index (χ1n) is 38.4. The molecular formula is C100H93N13+8. The fourth-order valence-corrected chi connectivity index (χ4v) is 16.2. The normalized spacial score (nSPS) is 11.1. The summed E-state index contributed by atoms with van der Waals surface area (Å²) in [5, 5.41) is 9.64. The van der Waals surface area contributed by atoms with Crippen LogP contribution in [-0.4, -0.2) is 19.9 Å². The predicted molar refractivity (Wildman–Crippen MR) is 452 cm³/mol. The van der Waals surface area contributed by atoms with Crippen LogP contribution < -0.4 is 36.5 Å². The number of aromatic nitrogens is 12. The number of fused-ring (bicyclic) bond motifs is 6. The number of hydrogen-bond donors (Lipinski definition) is 0. The first-order valence-corrected chi connectivity index (χ1v) is 38.4. The molecule has 0 saturated heterocycles. The number of aryl methyl sites for hydroxylation is 11. The summed E-state index contributed by atoms with van der Waals surface area (Å²) in [5.41, 5.74) is 32.0. The van der Waals surface area contributed by atoms with Crippen LogP contribution in [0.1, 0.15) is 78.8 Å². The van der Waals surface area contributed by atoms with Gasteiger partial charge in [0, 0.05) is 121 Å². The Morgan fingerprint density at radius 3 is 1.39 bits per heavy atom. The largest absolute Gasteiger partial charge is 0.292 e. The third-order valence-corrected chi connectivity index (χ3v) is 22.2. The Morgan fingerprint density at radius 2 is 0.805 bits per heavy atom. The maximum atomic E-state index is 7.72. The summed E-state index contributed by atoms with van der Waals surface area (Å²) in [6, 6.07) is 84.5. The zero-order valence-electron chi connectivity index (χ0n) is 67.0. The van der Waals surface area contributed by atoms with E-state index in [2.05, 4.69) is 367 Å². The van der Waals surface area contributed by atoms with E-state index in [4.69, 9.17) is 16.5 Å². The molecule has 8 heterocycles. The third-order valence-electron chi connectivity index (χ3n) is 22.2. The third kappa shape index (κ3) is 14.5. The second-order valence-corrected chi connectivity index (χ2v) is 29.6. The van der Waals surface area contributed by atoms with Crippen molar-refractivity contribution in [2.75, 3.05) is 0 Å². The maximum Gasteiger partial charge on any atom is 0.292 e. The first-order chi connectivity index (χ1) is 54.7. The molecule has 0 aliphatic heterocycles. The molecule has 0 aliphatic rings. The number of nitrogens with zero attached hydrogens (tertiary/aromatic N) is 13. The molecule has 0 amide bonds. The van der Waals surface area contributed by atoms with Gasteiger partial charge in [-0.1, -0.05) is 102 Å². The molecule has 550 valence electrons. The number of pyridine rings is 4. The maximum absolute atomic E-state index is 7.72. The van der Waals surface area contributed by atoms with Crippen LogP contribution in [-0.2, 0) is 7.05 Å². The Morgan fingerprint density at radius 1 is 0.327 bits per heavy atom. The van der Waals surface area contributed by atoms with Gasteiger partial charge in [0.15, 0.2) is 63.6 Å². The molecule has 0 aliphatic carbocycles. The van der Waals surface area contributed by atoms with Crippen LogP contribution in [0.5, 0.6) is 0 Å². The van der Waals surface area contributed by atoms with Crippen molar-refractivity contribution in [2.24, 2.45) is 7.05 Å². The molecule has 0 radical (unpaired) electrons. The van der Waals surface area contributed by atoms with E-state index in [-0.39, 0.29) is 0 Å². The Labute approximate surface area is 661 Å². The van der Waals surface area contributed by atoms with Gasteiger partial charge >= 0.3 is 0 Å². The average molecular weight is 1480 g/mol. The molecule has 8 aromatic heterocycles. The lowest BCUT2D eigenvalue weighted by atomic mass is 10.00. The summed E-state index contributed by atoms with van der Waals surface area (Å²) < 4.78 is 17.7. The standard InChI is InChI=1S/C28H27N3.C27H22N4.C27H25N3.C18H19N3/c1-18-14-19(2)28(31-17-29-26-13-9-8-12-25(26)22(31)5)21(4)27(18)30-16-24-11-7-6-10-23(24)15-20(30)3;1-18-13-14-21-9-5-8-12-25(21)31(18)27-16-22(28-4)15-26(19(27)2)30-17-29-24-11-7-6-10-23(24)20(30)3;1-18-13-26(29-16-23-10-6-5-9-22(23)15-19(29)2)20(3)27(14-18)30-17-28-25-12-8-7-11-24(25)21(30)4;1-14-7-4-5-12-21(14)17-9-6-8-16(15(17)2)18-10-11-19-13-20(18)3/h6-17H,1-5H3;5-17H,1-3H3;5-17H,1-4H3;4-13H,1-3H3/q4*+2. The van der Waals surface area contributed by atoms with Gasteiger partial charge in [-0.2, -0.15) is 27.4 Å². The summed E-state index contributed by atoms with van der Waals surface area (Å²) in [6.45, 7) is 38.0. The molecule has 0 saturated carbocycles. The van der Waals surface area contributed by atoms with Crippen molar-refractivity contribution in [1.29, 1.82) is 0 Å². The van der Waals surface area contributed by atoms with Crippen LogP contribution in [0.15, 0.2) is 293 Å². The van der Waals surface area contributed by atoms with Gasteiger partial charge in [0.1, 0.15) is 46.0 Å². The lowest BCUT2D eigenvalue weighted by Crippen LogP contribution is -2.41. The van der Waals surface area contributed by atoms with E-state index in [1.807, 2.05) is 81.0 Å². The van der Waals surface area contributed by atoms with Crippen molar-refractivity contribution >= 4 is 70.8 Å². The zero-order valence-corrected chi connectivity index (χ0v) is 67.0. The molecule has 0 N–H and O–H groups in total. The van der Waals surface area contributed by atoms with E-state index < -0.39 is 0 Å². The van der Waals surface area contributed by atoms with Gasteiger partial charge in [-0.25, -0.2) is 14.0 Å². The van der Waals surface area contributed by atoms with Crippen LogP contribution in [0.25, 0.3) is 121 Å². The molecule has 0 atom stereocenters. The topological polar surface area (TPSA) is 87.0 Å². The SMILES string of the molecule is Cc1c(-c2ccnc[n+]2C)cccc1-[n+]1ccccc1C.Cc1cc(-[n+]2cc3ccccc3cc2C)c(C)c(-[n+]2cnc3ccccc3c2C)c1.Cc1cc(C)c(-[n+]2cnc3ccccc3c2C)c(C)c1-[n+]1cc2ccccc2cc1C.[C-]#[N+]c1cc(-[n+]2cnc3ccccc3c2C)c(C)c(-[n+]2c(C)ccc3ccccc32)c1. The molecule has 0 unspecified atom stereocenters. The van der Waals surface area contributed by atoms with Crippen LogP contribution in [0, 0.1) is 104 Å². The van der Waals surface area contributed by atoms with E-state index in [1.54, 1.807) is 0 Å². The lowest BCUT2D eigenvalue weighted by Gasteiger charge is -2.15. The van der Waals surface area contributed by atoms with Crippen molar-refractivity contribution < 1.29 is 36.5 Å². The van der Waals surface area contributed by atoms with E-state index in [0.717, 1.165) is 55.8 Å². The summed E-state index contributed by atoms with van der Waals surface area (Å²) in [6.07, 6.45) is 16.0. The van der Waals surface area contributed by atoms with Crippen molar-refractivity contribution in [1.82, 2.24) is 19.9 Å². The number of hydrogen-bond acceptors (Lipinski definition) is 4. The molecule has 13 nitrogen and oxygen atoms in total. The van der Waals surface area contributed by atoms with Gasteiger partial charge in [0.25, 0.3) is 25.3 Å². The first kappa shape index (κ1) is 74.6. The minimum Gasteiger partial charge on any atom is -0.238 e. The second kappa shape index (κ2) is 31.6. The van der Waals surface area contributed by atoms with Gasteiger partial charge < -0.3 is 0 Å². The Kier molecular flexibility index (Phi) is 20.9. The zero-order chi connectivity index (χ0) is 78.9. The van der Waals surface area contributed by atoms with E-state index in [9.17, 15) is 0 Å². The summed E-state index contributed by atoms with van der Waals surface area (Å²) in [4.78, 5) is 22.1. The van der Waals surface area contributed by atoms with Crippen LogP contribution in [0.2, 0.25) is 0 Å². The molecule has 0 spiro atoms. The molecule has 0 fully saturated rings. The Hall–Kier alpha value is -13.8. The second-order valence-electron chi connectivity index (χ2n) is 29.6. The fourth-order valence-electron chi connectivity index (χ4n) is 16.2. The van der Waals surface area contributed by atoms with Gasteiger partial charge in [0.2, 0.25) is 28.3 Å². The van der Waals surface area contributed by atoms with Crippen molar-refractivity contribution in [3.05, 3.63) is 383 Å². The molecule has 18 aromatic rings. The van der Waals surface area contributed by atoms with E-state index >= 15 is 0 Å². The van der Waals surface area contributed by atoms with Gasteiger partial charge in [0.05, 0.1) is 46.5 Å². The van der Waals surface area contributed by atoms with Gasteiger partial charge in [-0.3, -0.25) is 0 Å². The average Bonchev–Trinajstić information content (AvgIpc) is 0.758. The summed E-state index contributed by atoms with van der Waals surface area (Å²) in [5.74, 6) is 0. The fraction of sp³-hybridized carbons (Fsp3) is 0.150. The Balaban J connectivity index is 0.000000120. The van der Waals surface area contributed by atoms with E-state index in [1.165, 1.54) is 139 Å². The summed E-state index contributed by atoms with van der Waals surface area (Å²) in [7, 11) is 2.02. The van der Waals surface area contributed by atoms with Crippen LogP contribution in [0.4, 0.5) is 5.69 Å². The number of para-hydroxylation sites is 4. The quantitative estimate of drug-likeness (QED) is 0.112. The van der Waals surface area contributed by atoms with Crippen LogP contribution >= 0.6 is 0 Å². The van der Waals surface area contributed by atoms with Gasteiger partial charge in [-0.05, 0) is 191 Å². The van der Waals surface area contributed by atoms with Crippen molar-refractivity contribution in [3.63, 3.8) is 0 Å². The summed E-state index contributed by atoms with van der Waals surface area (Å²) >= 11 is 0. The highest BCUT2D eigenvalue weighted by Gasteiger charge is 2.30. The molecule has 18 rings (SSSR count). The molecular weight excluding hydrogens is 1380 g/mol. The smallest absolute Gasteiger partial charge is 0.238 e. The predicted octanol–water partition coefficient (Wildman–Crippen LogP) is 18.5. The molecule has 10 aromatic carbocycles. The molecule has 0 bridgehead atoms. The van der Waals surface area contributed by atoms with Crippen LogP contribution in [0.3, 0.4) is 0 Å².